The first-order valence-electron chi connectivity index (χ1n) is 12.4. The van der Waals surface area contributed by atoms with Crippen molar-refractivity contribution >= 4 is 84.9 Å². The van der Waals surface area contributed by atoms with E-state index in [1.807, 2.05) is 72.8 Å². The van der Waals surface area contributed by atoms with Gasteiger partial charge < -0.3 is 0 Å². The van der Waals surface area contributed by atoms with Crippen LogP contribution >= 0.6 is 0 Å². The van der Waals surface area contributed by atoms with Crippen molar-refractivity contribution in [3.8, 4) is 0 Å². The van der Waals surface area contributed by atoms with E-state index in [2.05, 4.69) is 0 Å². The summed E-state index contributed by atoms with van der Waals surface area (Å²) < 4.78 is 64.9. The maximum absolute atomic E-state index is 11.5. The highest BCUT2D eigenvalue weighted by Crippen LogP contribution is 2.38. The minimum atomic E-state index is -4.23. The molecule has 196 valence electrons. The average molecular weight is 565 g/mol. The highest BCUT2D eigenvalue weighted by Gasteiger charge is 2.18. The fourth-order valence-corrected chi connectivity index (χ4v) is 7.24. The summed E-state index contributed by atoms with van der Waals surface area (Å²) in [6, 6.07) is 33.6. The van der Waals surface area contributed by atoms with Crippen molar-refractivity contribution in [1.29, 1.82) is 0 Å². The molecule has 0 aliphatic carbocycles. The molecule has 0 aromatic heterocycles. The lowest BCUT2D eigenvalue weighted by atomic mass is 9.94. The molecule has 0 unspecified atom stereocenters. The van der Waals surface area contributed by atoms with Gasteiger partial charge in [-0.1, -0.05) is 97.1 Å². The zero-order valence-corrected chi connectivity index (χ0v) is 22.4. The third kappa shape index (κ3) is 3.76. The van der Waals surface area contributed by atoms with Crippen LogP contribution < -0.4 is 0 Å². The smallest absolute Gasteiger partial charge is 0.282 e. The van der Waals surface area contributed by atoms with Gasteiger partial charge in [-0.3, -0.25) is 9.11 Å². The Kier molecular flexibility index (Phi) is 5.29. The van der Waals surface area contributed by atoms with Crippen molar-refractivity contribution < 1.29 is 25.9 Å². The molecule has 8 aromatic carbocycles. The molecular weight excluding hydrogens is 544 g/mol. The van der Waals surface area contributed by atoms with Crippen molar-refractivity contribution in [2.45, 2.75) is 9.79 Å². The van der Waals surface area contributed by atoms with E-state index < -0.39 is 20.2 Å². The Bertz CT molecular complexity index is 2280. The van der Waals surface area contributed by atoms with Crippen LogP contribution in [0.2, 0.25) is 0 Å². The minimum absolute atomic E-state index is 0.0387. The lowest BCUT2D eigenvalue weighted by Crippen LogP contribution is -1.99. The van der Waals surface area contributed by atoms with E-state index in [1.165, 1.54) is 12.1 Å². The summed E-state index contributed by atoms with van der Waals surface area (Å²) in [6.45, 7) is 0. The standard InChI is InChI=1S/2C16H10O3S/c2*17-20(18,19)14-9-7-12-5-4-10-2-1-3-11-6-8-13(14)16(12)15(10)11/h2*1-9H,(H,17,18,19). The molecule has 0 atom stereocenters. The van der Waals surface area contributed by atoms with E-state index in [0.29, 0.717) is 10.8 Å². The minimum Gasteiger partial charge on any atom is -0.282 e. The highest BCUT2D eigenvalue weighted by molar-refractivity contribution is 7.86. The molecule has 0 heterocycles. The lowest BCUT2D eigenvalue weighted by molar-refractivity contribution is 0.482. The Morgan fingerprint density at radius 1 is 0.350 bits per heavy atom. The molecule has 0 aliphatic rings. The Labute approximate surface area is 229 Å². The monoisotopic (exact) mass is 564 g/mol. The van der Waals surface area contributed by atoms with Gasteiger partial charge in [0.25, 0.3) is 20.2 Å². The number of hydrogen-bond donors (Lipinski definition) is 2. The zero-order valence-electron chi connectivity index (χ0n) is 20.7. The van der Waals surface area contributed by atoms with Crippen LogP contribution in [0.1, 0.15) is 0 Å². The maximum atomic E-state index is 11.5. The summed E-state index contributed by atoms with van der Waals surface area (Å²) in [5.74, 6) is 0. The quantitative estimate of drug-likeness (QED) is 0.165. The van der Waals surface area contributed by atoms with E-state index in [-0.39, 0.29) is 9.79 Å². The van der Waals surface area contributed by atoms with Gasteiger partial charge in [-0.25, -0.2) is 0 Å². The van der Waals surface area contributed by atoms with Crippen LogP contribution in [0, 0.1) is 0 Å². The topological polar surface area (TPSA) is 109 Å². The van der Waals surface area contributed by atoms with Gasteiger partial charge in [0.05, 0.1) is 0 Å². The summed E-state index contributed by atoms with van der Waals surface area (Å²) in [5.41, 5.74) is 0. The second kappa shape index (κ2) is 8.58. The Morgan fingerprint density at radius 2 is 0.625 bits per heavy atom. The van der Waals surface area contributed by atoms with Crippen LogP contribution in [0.25, 0.3) is 64.6 Å². The molecular formula is C32H20O6S2. The van der Waals surface area contributed by atoms with Gasteiger partial charge in [-0.15, -0.1) is 0 Å². The number of rotatable bonds is 2. The molecule has 0 saturated carbocycles. The van der Waals surface area contributed by atoms with E-state index in [4.69, 9.17) is 0 Å². The lowest BCUT2D eigenvalue weighted by Gasteiger charge is -2.12. The van der Waals surface area contributed by atoms with E-state index in [1.54, 1.807) is 24.3 Å². The van der Waals surface area contributed by atoms with Gasteiger partial charge in [0.2, 0.25) is 0 Å². The van der Waals surface area contributed by atoms with Gasteiger partial charge in [0.1, 0.15) is 9.79 Å². The Hall–Kier alpha value is -4.34. The Morgan fingerprint density at radius 3 is 0.950 bits per heavy atom. The van der Waals surface area contributed by atoms with Crippen LogP contribution in [0.4, 0.5) is 0 Å². The predicted octanol–water partition coefficient (Wildman–Crippen LogP) is 7.66. The SMILES string of the molecule is O=S(=O)(O)c1ccc2ccc3cccc4ccc1c2c34.O=S(=O)(O)c1ccc2ccc3cccc4ccc1c2c34. The predicted molar refractivity (Wildman–Crippen MR) is 160 cm³/mol. The summed E-state index contributed by atoms with van der Waals surface area (Å²) in [7, 11) is -8.46. The molecule has 8 aromatic rings. The highest BCUT2D eigenvalue weighted by atomic mass is 32.2. The average Bonchev–Trinajstić information content (AvgIpc) is 2.94. The number of benzene rings is 8. The van der Waals surface area contributed by atoms with Crippen molar-refractivity contribution in [3.05, 3.63) is 109 Å². The molecule has 0 saturated heterocycles. The third-order valence-corrected chi connectivity index (χ3v) is 9.36. The summed E-state index contributed by atoms with van der Waals surface area (Å²) in [5, 5.41) is 11.2. The van der Waals surface area contributed by atoms with Gasteiger partial charge in [-0.05, 0) is 66.0 Å². The normalized spacial score (nSPS) is 12.7. The molecule has 8 heteroatoms. The van der Waals surface area contributed by atoms with Crippen molar-refractivity contribution in [2.75, 3.05) is 0 Å². The molecule has 0 bridgehead atoms. The van der Waals surface area contributed by atoms with Gasteiger partial charge in [-0.2, -0.15) is 16.8 Å². The number of hydrogen-bond acceptors (Lipinski definition) is 4. The van der Waals surface area contributed by atoms with Crippen LogP contribution in [0.3, 0.4) is 0 Å². The molecule has 0 amide bonds. The zero-order chi connectivity index (χ0) is 27.8. The van der Waals surface area contributed by atoms with Crippen LogP contribution in [0.15, 0.2) is 119 Å². The van der Waals surface area contributed by atoms with Crippen molar-refractivity contribution in [1.82, 2.24) is 0 Å². The van der Waals surface area contributed by atoms with Gasteiger partial charge in [0.15, 0.2) is 0 Å². The van der Waals surface area contributed by atoms with Gasteiger partial charge in [0, 0.05) is 10.8 Å². The molecule has 0 aliphatic heterocycles. The molecule has 0 spiro atoms. The first-order valence-corrected chi connectivity index (χ1v) is 15.3. The van der Waals surface area contributed by atoms with Crippen LogP contribution in [-0.4, -0.2) is 25.9 Å². The van der Waals surface area contributed by atoms with E-state index in [9.17, 15) is 25.9 Å². The molecule has 8 rings (SSSR count). The first-order chi connectivity index (χ1) is 19.1. The molecule has 2 N–H and O–H groups in total. The largest absolute Gasteiger partial charge is 0.295 e. The van der Waals surface area contributed by atoms with Crippen molar-refractivity contribution in [3.63, 3.8) is 0 Å². The second-order valence-corrected chi connectivity index (χ2v) is 12.6. The molecule has 0 fully saturated rings. The van der Waals surface area contributed by atoms with Crippen molar-refractivity contribution in [2.24, 2.45) is 0 Å². The van der Waals surface area contributed by atoms with Crippen LogP contribution in [0.5, 0.6) is 0 Å². The molecule has 6 nitrogen and oxygen atoms in total. The Balaban J connectivity index is 0.000000132. The molecule has 0 radical (unpaired) electrons. The van der Waals surface area contributed by atoms with Crippen LogP contribution in [-0.2, 0) is 20.2 Å². The second-order valence-electron chi connectivity index (χ2n) is 9.79. The summed E-state index contributed by atoms with van der Waals surface area (Å²) >= 11 is 0. The maximum Gasteiger partial charge on any atom is 0.295 e. The van der Waals surface area contributed by atoms with E-state index in [0.717, 1.165) is 53.9 Å². The third-order valence-electron chi connectivity index (χ3n) is 7.53. The van der Waals surface area contributed by atoms with E-state index >= 15 is 0 Å². The summed E-state index contributed by atoms with van der Waals surface area (Å²) in [6.07, 6.45) is 0. The summed E-state index contributed by atoms with van der Waals surface area (Å²) in [4.78, 5) is -0.0773. The van der Waals surface area contributed by atoms with Gasteiger partial charge >= 0.3 is 0 Å². The molecule has 40 heavy (non-hydrogen) atoms. The first kappa shape index (κ1) is 24.7. The fourth-order valence-electron chi connectivity index (χ4n) is 5.87. The fraction of sp³-hybridized carbons (Fsp3) is 0.